The molecule has 2 rings (SSSR count). The van der Waals surface area contributed by atoms with Gasteiger partial charge in [-0.05, 0) is 37.7 Å². The van der Waals surface area contributed by atoms with Gasteiger partial charge in [0.2, 0.25) is 5.91 Å². The zero-order valence-corrected chi connectivity index (χ0v) is 11.4. The zero-order valence-electron chi connectivity index (χ0n) is 10.6. The number of carbonyl (C=O) groups excluding carboxylic acids is 1. The Morgan fingerprint density at radius 3 is 2.50 bits per heavy atom. The number of alkyl halides is 1. The van der Waals surface area contributed by atoms with Crippen molar-refractivity contribution in [2.45, 2.75) is 37.5 Å². The molecule has 0 radical (unpaired) electrons. The summed E-state index contributed by atoms with van der Waals surface area (Å²) in [7, 11) is 0. The first-order valence-corrected chi connectivity index (χ1v) is 7.18. The number of aryl methyl sites for hydroxylation is 1. The predicted molar refractivity (Wildman–Crippen MR) is 74.8 cm³/mol. The highest BCUT2D eigenvalue weighted by Gasteiger charge is 2.23. The second-order valence-electron chi connectivity index (χ2n) is 4.88. The van der Waals surface area contributed by atoms with Crippen LogP contribution in [0.25, 0.3) is 0 Å². The fourth-order valence-corrected chi connectivity index (χ4v) is 2.62. The van der Waals surface area contributed by atoms with Gasteiger partial charge in [-0.25, -0.2) is 0 Å². The molecule has 1 unspecified atom stereocenters. The third-order valence-electron chi connectivity index (χ3n) is 3.46. The van der Waals surface area contributed by atoms with Gasteiger partial charge in [-0.1, -0.05) is 30.3 Å². The van der Waals surface area contributed by atoms with Gasteiger partial charge in [0.25, 0.3) is 0 Å². The Morgan fingerprint density at radius 2 is 1.83 bits per heavy atom. The van der Waals surface area contributed by atoms with Crippen LogP contribution in [-0.4, -0.2) is 29.3 Å². The maximum Gasteiger partial charge on any atom is 0.240 e. The van der Waals surface area contributed by atoms with Gasteiger partial charge in [-0.15, -0.1) is 11.6 Å². The number of amides is 1. The minimum atomic E-state index is -0.372. The SMILES string of the molecule is O=C(C(Cl)CCc1ccccc1)N1CCCCC1. The van der Waals surface area contributed by atoms with Crippen LogP contribution in [0.2, 0.25) is 0 Å². The molecule has 1 amide bonds. The lowest BCUT2D eigenvalue weighted by Crippen LogP contribution is -2.40. The van der Waals surface area contributed by atoms with Crippen LogP contribution in [0.4, 0.5) is 0 Å². The first-order valence-electron chi connectivity index (χ1n) is 6.74. The Balaban J connectivity index is 1.80. The van der Waals surface area contributed by atoms with Gasteiger partial charge in [0.1, 0.15) is 5.38 Å². The van der Waals surface area contributed by atoms with E-state index in [1.165, 1.54) is 12.0 Å². The van der Waals surface area contributed by atoms with E-state index in [2.05, 4.69) is 12.1 Å². The average molecular weight is 266 g/mol. The molecule has 0 saturated carbocycles. The van der Waals surface area contributed by atoms with Gasteiger partial charge in [-0.2, -0.15) is 0 Å². The summed E-state index contributed by atoms with van der Waals surface area (Å²) in [4.78, 5) is 14.0. The molecule has 1 aromatic carbocycles. The highest BCUT2D eigenvalue weighted by molar-refractivity contribution is 6.30. The summed E-state index contributed by atoms with van der Waals surface area (Å²) in [5, 5.41) is -0.372. The van der Waals surface area contributed by atoms with Crippen LogP contribution < -0.4 is 0 Å². The highest BCUT2D eigenvalue weighted by Crippen LogP contribution is 2.16. The number of likely N-dealkylation sites (tertiary alicyclic amines) is 1. The van der Waals surface area contributed by atoms with Crippen LogP contribution in [0.1, 0.15) is 31.2 Å². The number of hydrogen-bond donors (Lipinski definition) is 0. The Hall–Kier alpha value is -1.02. The smallest absolute Gasteiger partial charge is 0.240 e. The number of carbonyl (C=O) groups is 1. The first-order chi connectivity index (χ1) is 8.77. The van der Waals surface area contributed by atoms with Crippen molar-refractivity contribution in [1.82, 2.24) is 4.90 Å². The van der Waals surface area contributed by atoms with Gasteiger partial charge >= 0.3 is 0 Å². The maximum absolute atomic E-state index is 12.1. The third kappa shape index (κ3) is 3.74. The summed E-state index contributed by atoms with van der Waals surface area (Å²) in [5.74, 6) is 0.118. The average Bonchev–Trinajstić information content (AvgIpc) is 2.46. The predicted octanol–water partition coefficient (Wildman–Crippen LogP) is 3.24. The summed E-state index contributed by atoms with van der Waals surface area (Å²) < 4.78 is 0. The van der Waals surface area contributed by atoms with E-state index in [1.54, 1.807) is 0 Å². The molecule has 0 aliphatic carbocycles. The van der Waals surface area contributed by atoms with Gasteiger partial charge < -0.3 is 4.90 Å². The van der Waals surface area contributed by atoms with Crippen molar-refractivity contribution < 1.29 is 4.79 Å². The largest absolute Gasteiger partial charge is 0.341 e. The summed E-state index contributed by atoms with van der Waals surface area (Å²) in [5.41, 5.74) is 1.24. The van der Waals surface area contributed by atoms with Crippen molar-refractivity contribution in [2.24, 2.45) is 0 Å². The summed E-state index contributed by atoms with van der Waals surface area (Å²) in [6, 6.07) is 10.2. The number of nitrogens with zero attached hydrogens (tertiary/aromatic N) is 1. The molecule has 1 heterocycles. The third-order valence-corrected chi connectivity index (χ3v) is 3.87. The van der Waals surface area contributed by atoms with Crippen LogP contribution in [0, 0.1) is 0 Å². The molecule has 98 valence electrons. The number of hydrogen-bond acceptors (Lipinski definition) is 1. The Kier molecular flexibility index (Phi) is 5.06. The van der Waals surface area contributed by atoms with Crippen molar-refractivity contribution in [3.8, 4) is 0 Å². The Labute approximate surface area is 114 Å². The quantitative estimate of drug-likeness (QED) is 0.766. The van der Waals surface area contributed by atoms with E-state index in [9.17, 15) is 4.79 Å². The molecule has 1 saturated heterocycles. The topological polar surface area (TPSA) is 20.3 Å². The number of halogens is 1. The lowest BCUT2D eigenvalue weighted by molar-refractivity contribution is -0.131. The fourth-order valence-electron chi connectivity index (χ4n) is 2.37. The summed E-state index contributed by atoms with van der Waals surface area (Å²) in [6.45, 7) is 1.76. The van der Waals surface area contributed by atoms with Crippen molar-refractivity contribution >= 4 is 17.5 Å². The number of piperidine rings is 1. The molecule has 0 spiro atoms. The molecule has 0 aromatic heterocycles. The molecule has 0 bridgehead atoms. The molecular formula is C15H20ClNO. The van der Waals surface area contributed by atoms with E-state index in [4.69, 9.17) is 11.6 Å². The molecule has 18 heavy (non-hydrogen) atoms. The van der Waals surface area contributed by atoms with Crippen LogP contribution in [-0.2, 0) is 11.2 Å². The molecule has 1 fully saturated rings. The van der Waals surface area contributed by atoms with Crippen LogP contribution in [0.5, 0.6) is 0 Å². The monoisotopic (exact) mass is 265 g/mol. The van der Waals surface area contributed by atoms with Gasteiger partial charge in [0.05, 0.1) is 0 Å². The second-order valence-corrected chi connectivity index (χ2v) is 5.40. The molecular weight excluding hydrogens is 246 g/mol. The van der Waals surface area contributed by atoms with Crippen LogP contribution in [0.15, 0.2) is 30.3 Å². The van der Waals surface area contributed by atoms with Crippen molar-refractivity contribution in [3.05, 3.63) is 35.9 Å². The normalized spacial score (nSPS) is 17.5. The molecule has 1 atom stereocenters. The van der Waals surface area contributed by atoms with Crippen molar-refractivity contribution in [1.29, 1.82) is 0 Å². The van der Waals surface area contributed by atoms with E-state index in [1.807, 2.05) is 23.1 Å². The fraction of sp³-hybridized carbons (Fsp3) is 0.533. The van der Waals surface area contributed by atoms with E-state index in [-0.39, 0.29) is 11.3 Å². The van der Waals surface area contributed by atoms with Crippen LogP contribution >= 0.6 is 11.6 Å². The molecule has 1 aliphatic heterocycles. The molecule has 2 nitrogen and oxygen atoms in total. The van der Waals surface area contributed by atoms with E-state index in [0.717, 1.165) is 38.8 Å². The first kappa shape index (κ1) is 13.4. The van der Waals surface area contributed by atoms with E-state index in [0.29, 0.717) is 0 Å². The van der Waals surface area contributed by atoms with Gasteiger partial charge in [0, 0.05) is 13.1 Å². The van der Waals surface area contributed by atoms with Gasteiger partial charge in [0.15, 0.2) is 0 Å². The Morgan fingerprint density at radius 1 is 1.17 bits per heavy atom. The maximum atomic E-state index is 12.1. The van der Waals surface area contributed by atoms with Gasteiger partial charge in [-0.3, -0.25) is 4.79 Å². The number of rotatable bonds is 4. The summed E-state index contributed by atoms with van der Waals surface area (Å²) in [6.07, 6.45) is 5.07. The Bertz CT molecular complexity index is 373. The second kappa shape index (κ2) is 6.79. The lowest BCUT2D eigenvalue weighted by Gasteiger charge is -2.28. The molecule has 1 aromatic rings. The standard InChI is InChI=1S/C15H20ClNO/c16-14(10-9-13-7-3-1-4-8-13)15(18)17-11-5-2-6-12-17/h1,3-4,7-8,14H,2,5-6,9-12H2. The van der Waals surface area contributed by atoms with Crippen molar-refractivity contribution in [2.75, 3.05) is 13.1 Å². The summed E-state index contributed by atoms with van der Waals surface area (Å²) >= 11 is 6.22. The molecule has 1 aliphatic rings. The highest BCUT2D eigenvalue weighted by atomic mass is 35.5. The zero-order chi connectivity index (χ0) is 12.8. The lowest BCUT2D eigenvalue weighted by atomic mass is 10.1. The van der Waals surface area contributed by atoms with Crippen LogP contribution in [0.3, 0.4) is 0 Å². The van der Waals surface area contributed by atoms with E-state index < -0.39 is 0 Å². The molecule has 0 N–H and O–H groups in total. The molecule has 3 heteroatoms. The minimum Gasteiger partial charge on any atom is -0.341 e. The van der Waals surface area contributed by atoms with Crippen molar-refractivity contribution in [3.63, 3.8) is 0 Å². The minimum absolute atomic E-state index is 0.118. The number of benzene rings is 1. The van der Waals surface area contributed by atoms with E-state index >= 15 is 0 Å².